The van der Waals surface area contributed by atoms with Crippen LogP contribution in [0.5, 0.6) is 5.75 Å². The van der Waals surface area contributed by atoms with Gasteiger partial charge in [0.2, 0.25) is 0 Å². The summed E-state index contributed by atoms with van der Waals surface area (Å²) in [5.41, 5.74) is -0.144. The summed E-state index contributed by atoms with van der Waals surface area (Å²) in [5, 5.41) is 3.97. The maximum Gasteiger partial charge on any atom is 0.343 e. The van der Waals surface area contributed by atoms with Crippen molar-refractivity contribution in [3.8, 4) is 5.75 Å². The van der Waals surface area contributed by atoms with E-state index in [9.17, 15) is 22.0 Å². The number of benzene rings is 1. The number of sulfonamides is 1. The molecule has 0 N–H and O–H groups in total. The van der Waals surface area contributed by atoms with Crippen molar-refractivity contribution < 1.29 is 31.5 Å². The van der Waals surface area contributed by atoms with E-state index in [1.807, 2.05) is 0 Å². The molecule has 1 aliphatic carbocycles. The molecular formula is C20H23F2N3O5S. The third-order valence-corrected chi connectivity index (χ3v) is 7.47. The van der Waals surface area contributed by atoms with Crippen molar-refractivity contribution in [2.24, 2.45) is 5.92 Å². The summed E-state index contributed by atoms with van der Waals surface area (Å²) < 4.78 is 67.4. The van der Waals surface area contributed by atoms with Gasteiger partial charge in [0, 0.05) is 0 Å². The third kappa shape index (κ3) is 3.75. The molecule has 0 unspecified atom stereocenters. The molecule has 0 radical (unpaired) electrons. The summed E-state index contributed by atoms with van der Waals surface area (Å²) in [7, 11) is -2.72. The van der Waals surface area contributed by atoms with E-state index in [0.717, 1.165) is 28.0 Å². The van der Waals surface area contributed by atoms with Crippen LogP contribution in [-0.4, -0.2) is 50.4 Å². The molecule has 2 aliphatic rings. The van der Waals surface area contributed by atoms with Crippen molar-refractivity contribution in [2.45, 2.75) is 49.6 Å². The number of alkyl halides is 2. The van der Waals surface area contributed by atoms with E-state index in [1.54, 1.807) is 6.92 Å². The van der Waals surface area contributed by atoms with Crippen LogP contribution >= 0.6 is 0 Å². The molecular weight excluding hydrogens is 432 g/mol. The van der Waals surface area contributed by atoms with E-state index in [1.165, 1.54) is 31.4 Å². The Kier molecular flexibility index (Phi) is 5.63. The number of hydrogen-bond acceptors (Lipinski definition) is 6. The van der Waals surface area contributed by atoms with Gasteiger partial charge in [0.25, 0.3) is 16.4 Å². The van der Waals surface area contributed by atoms with E-state index in [0.29, 0.717) is 5.75 Å². The number of carbonyl (C=O) groups excluding carboxylic acids is 1. The molecule has 1 fully saturated rings. The first-order valence-corrected chi connectivity index (χ1v) is 11.4. The minimum atomic E-state index is -4.18. The molecule has 1 aromatic heterocycles. The number of esters is 1. The molecule has 8 nitrogen and oxygen atoms in total. The highest BCUT2D eigenvalue weighted by molar-refractivity contribution is 7.92. The first-order valence-electron chi connectivity index (χ1n) is 10.0. The van der Waals surface area contributed by atoms with Gasteiger partial charge in [-0.05, 0) is 56.4 Å². The minimum absolute atomic E-state index is 0.0306. The van der Waals surface area contributed by atoms with Gasteiger partial charge in [-0.15, -0.1) is 0 Å². The molecule has 2 heterocycles. The van der Waals surface area contributed by atoms with Gasteiger partial charge in [0.15, 0.2) is 5.82 Å². The Morgan fingerprint density at radius 3 is 2.48 bits per heavy atom. The largest absolute Gasteiger partial charge is 0.497 e. The number of methoxy groups -OCH3 is 1. The normalized spacial score (nSPS) is 21.1. The second kappa shape index (κ2) is 8.10. The molecule has 168 valence electrons. The Hall–Kier alpha value is -2.69. The molecule has 0 saturated heterocycles. The van der Waals surface area contributed by atoms with E-state index in [4.69, 9.17) is 9.47 Å². The van der Waals surface area contributed by atoms with Crippen molar-refractivity contribution in [3.63, 3.8) is 0 Å². The van der Waals surface area contributed by atoms with Gasteiger partial charge >= 0.3 is 5.97 Å². The fourth-order valence-electron chi connectivity index (χ4n) is 4.00. The maximum atomic E-state index is 13.9. The molecule has 0 spiro atoms. The molecule has 1 aliphatic heterocycles. The van der Waals surface area contributed by atoms with Crippen LogP contribution < -0.4 is 9.04 Å². The van der Waals surface area contributed by atoms with Crippen molar-refractivity contribution in [1.29, 1.82) is 0 Å². The summed E-state index contributed by atoms with van der Waals surface area (Å²) in [4.78, 5) is 12.5. The van der Waals surface area contributed by atoms with Crippen LogP contribution in [0.4, 0.5) is 14.6 Å². The predicted molar refractivity (Wildman–Crippen MR) is 107 cm³/mol. The number of fused-ring (bicyclic) bond motifs is 1. The van der Waals surface area contributed by atoms with E-state index in [2.05, 4.69) is 5.10 Å². The van der Waals surface area contributed by atoms with Gasteiger partial charge in [-0.25, -0.2) is 31.0 Å². The molecule has 0 amide bonds. The number of carbonyl (C=O) groups is 1. The second-order valence-corrected chi connectivity index (χ2v) is 9.38. The molecule has 0 bridgehead atoms. The topological polar surface area (TPSA) is 90.7 Å². The summed E-state index contributed by atoms with van der Waals surface area (Å²) >= 11 is 0. The molecule has 2 aromatic rings. The van der Waals surface area contributed by atoms with Gasteiger partial charge in [-0.3, -0.25) is 0 Å². The number of anilines is 1. The fourth-order valence-corrected chi connectivity index (χ4v) is 5.73. The molecule has 2 atom stereocenters. The van der Waals surface area contributed by atoms with Crippen LogP contribution in [0.15, 0.2) is 35.4 Å². The Bertz CT molecular complexity index is 1070. The number of hydrogen-bond donors (Lipinski definition) is 0. The predicted octanol–water partition coefficient (Wildman–Crippen LogP) is 3.25. The van der Waals surface area contributed by atoms with Crippen molar-refractivity contribution in [2.75, 3.05) is 18.0 Å². The van der Waals surface area contributed by atoms with E-state index in [-0.39, 0.29) is 35.2 Å². The Labute approximate surface area is 178 Å². The summed E-state index contributed by atoms with van der Waals surface area (Å²) in [6.07, 6.45) is -0.278. The average molecular weight is 455 g/mol. The highest BCUT2D eigenvalue weighted by Crippen LogP contribution is 2.48. The quantitative estimate of drug-likeness (QED) is 0.596. The summed E-state index contributed by atoms with van der Waals surface area (Å²) in [5.74, 6) is -0.551. The number of ether oxygens (including phenoxy) is 2. The Morgan fingerprint density at radius 2 is 1.94 bits per heavy atom. The highest BCUT2D eigenvalue weighted by atomic mass is 32.2. The molecule has 1 aromatic carbocycles. The zero-order valence-electron chi connectivity index (χ0n) is 17.1. The first-order chi connectivity index (χ1) is 14.8. The van der Waals surface area contributed by atoms with Crippen molar-refractivity contribution in [1.82, 2.24) is 9.78 Å². The lowest BCUT2D eigenvalue weighted by Crippen LogP contribution is -2.49. The second-order valence-electron chi connectivity index (χ2n) is 7.57. The van der Waals surface area contributed by atoms with Gasteiger partial charge < -0.3 is 9.47 Å². The standard InChI is InChI=1S/C20H23F2N3O5S/c1-3-30-20(26)15-11-23-24-17(18(21)22)10-16(12-4-5-12)25(19(15)24)31(27,28)14-8-6-13(29-2)7-9-14/h6-9,11-12,16-18H,3-5,10H2,1-2H3/t16-,17+/m0/s1. The van der Waals surface area contributed by atoms with E-state index < -0.39 is 34.5 Å². The molecule has 11 heteroatoms. The van der Waals surface area contributed by atoms with Crippen LogP contribution in [0.1, 0.15) is 42.6 Å². The van der Waals surface area contributed by atoms with E-state index >= 15 is 0 Å². The van der Waals surface area contributed by atoms with Gasteiger partial charge in [0.1, 0.15) is 17.4 Å². The Balaban J connectivity index is 1.89. The summed E-state index contributed by atoms with van der Waals surface area (Å²) in [6, 6.07) is 3.77. The summed E-state index contributed by atoms with van der Waals surface area (Å²) in [6.45, 7) is 1.66. The monoisotopic (exact) mass is 455 g/mol. The first kappa shape index (κ1) is 21.5. The lowest BCUT2D eigenvalue weighted by Gasteiger charge is -2.40. The van der Waals surface area contributed by atoms with Crippen LogP contribution in [0.3, 0.4) is 0 Å². The van der Waals surface area contributed by atoms with Crippen LogP contribution in [0, 0.1) is 5.92 Å². The van der Waals surface area contributed by atoms with Gasteiger partial charge in [0.05, 0.1) is 30.9 Å². The lowest BCUT2D eigenvalue weighted by atomic mass is 10.00. The zero-order valence-corrected chi connectivity index (χ0v) is 17.9. The van der Waals surface area contributed by atoms with Crippen LogP contribution in [0.2, 0.25) is 0 Å². The number of nitrogens with zero attached hydrogens (tertiary/aromatic N) is 3. The fraction of sp³-hybridized carbons (Fsp3) is 0.500. The molecule has 4 rings (SSSR count). The molecule has 1 saturated carbocycles. The Morgan fingerprint density at radius 1 is 1.26 bits per heavy atom. The van der Waals surface area contributed by atoms with Crippen LogP contribution in [-0.2, 0) is 14.8 Å². The van der Waals surface area contributed by atoms with Crippen LogP contribution in [0.25, 0.3) is 0 Å². The van der Waals surface area contributed by atoms with Crippen molar-refractivity contribution in [3.05, 3.63) is 36.0 Å². The number of halogens is 2. The van der Waals surface area contributed by atoms with Gasteiger partial charge in [-0.1, -0.05) is 0 Å². The average Bonchev–Trinajstić information content (AvgIpc) is 3.51. The number of aromatic nitrogens is 2. The zero-order chi connectivity index (χ0) is 22.3. The molecule has 31 heavy (non-hydrogen) atoms. The highest BCUT2D eigenvalue weighted by Gasteiger charge is 2.50. The van der Waals surface area contributed by atoms with Gasteiger partial charge in [-0.2, -0.15) is 5.10 Å². The smallest absolute Gasteiger partial charge is 0.343 e. The maximum absolute atomic E-state index is 13.9. The number of rotatable bonds is 7. The SMILES string of the molecule is CCOC(=O)c1cnn2c1N(S(=O)(=O)c1ccc(OC)cc1)[C@H](C1CC1)C[C@@H]2C(F)F. The third-order valence-electron chi connectivity index (χ3n) is 5.64. The van der Waals surface area contributed by atoms with Crippen molar-refractivity contribution >= 4 is 21.8 Å². The minimum Gasteiger partial charge on any atom is -0.497 e. The lowest BCUT2D eigenvalue weighted by molar-refractivity contribution is 0.0518.